The van der Waals surface area contributed by atoms with Gasteiger partial charge in [-0.2, -0.15) is 0 Å². The second-order valence-electron chi connectivity index (χ2n) is 3.15. The maximum absolute atomic E-state index is 11.7. The second-order valence-corrected chi connectivity index (χ2v) is 3.93. The molecule has 17 heavy (non-hydrogen) atoms. The lowest BCUT2D eigenvalue weighted by atomic mass is 10.1. The number of primary amides is 1. The predicted molar refractivity (Wildman–Crippen MR) is 62.4 cm³/mol. The molecule has 1 aromatic carbocycles. The molecule has 0 atom stereocenters. The number of urea groups is 1. The van der Waals surface area contributed by atoms with Gasteiger partial charge in [0, 0.05) is 11.1 Å². The Kier molecular flexibility index (Phi) is 3.10. The predicted octanol–water partition coefficient (Wildman–Crippen LogP) is 1.01. The van der Waals surface area contributed by atoms with Crippen molar-refractivity contribution in [1.82, 2.24) is 14.9 Å². The number of carbonyl (C=O) groups excluding carboxylic acids is 2. The van der Waals surface area contributed by atoms with Crippen molar-refractivity contribution in [2.24, 2.45) is 5.73 Å². The highest BCUT2D eigenvalue weighted by Crippen LogP contribution is 2.25. The summed E-state index contributed by atoms with van der Waals surface area (Å²) in [6, 6.07) is 5.97. The van der Waals surface area contributed by atoms with Gasteiger partial charge in [0.2, 0.25) is 0 Å². The van der Waals surface area contributed by atoms with E-state index >= 15 is 0 Å². The first-order chi connectivity index (χ1) is 8.18. The molecular formula is C10H8N4O2S. The van der Waals surface area contributed by atoms with Gasteiger partial charge in [-0.05, 0) is 17.6 Å². The van der Waals surface area contributed by atoms with E-state index in [0.717, 1.165) is 4.88 Å². The Bertz CT molecular complexity index is 553. The van der Waals surface area contributed by atoms with E-state index in [1.807, 2.05) is 5.32 Å². The van der Waals surface area contributed by atoms with Crippen LogP contribution in [0.15, 0.2) is 30.5 Å². The molecule has 0 fully saturated rings. The van der Waals surface area contributed by atoms with Crippen molar-refractivity contribution >= 4 is 23.5 Å². The van der Waals surface area contributed by atoms with Crippen LogP contribution in [0.25, 0.3) is 10.4 Å². The number of nitrogens with zero attached hydrogens (tertiary/aromatic N) is 2. The highest BCUT2D eigenvalue weighted by Gasteiger charge is 2.14. The van der Waals surface area contributed by atoms with E-state index < -0.39 is 11.9 Å². The van der Waals surface area contributed by atoms with Gasteiger partial charge >= 0.3 is 6.03 Å². The minimum atomic E-state index is -0.882. The van der Waals surface area contributed by atoms with E-state index in [2.05, 4.69) is 9.59 Å². The molecule has 0 radical (unpaired) electrons. The molecule has 0 bridgehead atoms. The van der Waals surface area contributed by atoms with E-state index in [4.69, 9.17) is 5.73 Å². The van der Waals surface area contributed by atoms with Crippen molar-refractivity contribution < 1.29 is 9.59 Å². The molecule has 3 amide bonds. The zero-order valence-electron chi connectivity index (χ0n) is 8.58. The lowest BCUT2D eigenvalue weighted by Gasteiger charge is -2.05. The molecule has 6 nitrogen and oxygen atoms in total. The first kappa shape index (κ1) is 11.2. The maximum Gasteiger partial charge on any atom is 0.319 e. The fourth-order valence-electron chi connectivity index (χ4n) is 1.36. The van der Waals surface area contributed by atoms with Gasteiger partial charge in [0.05, 0.1) is 11.1 Å². The van der Waals surface area contributed by atoms with E-state index in [1.54, 1.807) is 30.5 Å². The summed E-state index contributed by atoms with van der Waals surface area (Å²) in [6.07, 6.45) is 1.56. The summed E-state index contributed by atoms with van der Waals surface area (Å²) in [5, 5.41) is 5.73. The Morgan fingerprint density at radius 2 is 2.06 bits per heavy atom. The van der Waals surface area contributed by atoms with Gasteiger partial charge in [-0.3, -0.25) is 10.1 Å². The van der Waals surface area contributed by atoms with Crippen molar-refractivity contribution in [2.75, 3.05) is 0 Å². The van der Waals surface area contributed by atoms with Gasteiger partial charge < -0.3 is 5.73 Å². The normalized spacial score (nSPS) is 9.88. The van der Waals surface area contributed by atoms with Gasteiger partial charge in [-0.15, -0.1) is 5.10 Å². The number of aromatic nitrogens is 2. The van der Waals surface area contributed by atoms with Crippen LogP contribution in [0.4, 0.5) is 4.79 Å². The van der Waals surface area contributed by atoms with Crippen LogP contribution in [0, 0.1) is 0 Å². The Balaban J connectivity index is 2.41. The van der Waals surface area contributed by atoms with Crippen molar-refractivity contribution in [2.45, 2.75) is 0 Å². The molecule has 7 heteroatoms. The SMILES string of the molecule is NC(=O)NC(=O)c1ccccc1-c1cnns1. The lowest BCUT2D eigenvalue weighted by Crippen LogP contribution is -2.35. The standard InChI is InChI=1S/C10H8N4O2S/c11-10(16)13-9(15)7-4-2-1-3-6(7)8-5-12-14-17-8/h1-5H,(H3,11,13,15,16). The van der Waals surface area contributed by atoms with Gasteiger partial charge in [0.1, 0.15) is 0 Å². The quantitative estimate of drug-likeness (QED) is 0.828. The monoisotopic (exact) mass is 248 g/mol. The van der Waals surface area contributed by atoms with Gasteiger partial charge in [0.25, 0.3) is 5.91 Å². The Hall–Kier alpha value is -2.28. The number of rotatable bonds is 2. The van der Waals surface area contributed by atoms with Crippen LogP contribution in [0.5, 0.6) is 0 Å². The summed E-state index contributed by atoms with van der Waals surface area (Å²) in [5.41, 5.74) is 5.93. The van der Waals surface area contributed by atoms with E-state index in [1.165, 1.54) is 11.5 Å². The summed E-state index contributed by atoms with van der Waals surface area (Å²) in [5.74, 6) is -0.540. The maximum atomic E-state index is 11.7. The van der Waals surface area contributed by atoms with Crippen LogP contribution in [-0.2, 0) is 0 Å². The average Bonchev–Trinajstić information content (AvgIpc) is 2.81. The second kappa shape index (κ2) is 4.71. The molecule has 0 unspecified atom stereocenters. The van der Waals surface area contributed by atoms with Crippen LogP contribution < -0.4 is 11.1 Å². The summed E-state index contributed by atoms with van der Waals surface area (Å²) in [6.45, 7) is 0. The smallest absolute Gasteiger partial charge is 0.319 e. The van der Waals surface area contributed by atoms with E-state index in [-0.39, 0.29) is 0 Å². The number of imide groups is 1. The van der Waals surface area contributed by atoms with E-state index in [9.17, 15) is 9.59 Å². The number of nitrogens with two attached hydrogens (primary N) is 1. The van der Waals surface area contributed by atoms with Crippen LogP contribution in [0.1, 0.15) is 10.4 Å². The molecule has 1 aromatic heterocycles. The fraction of sp³-hybridized carbons (Fsp3) is 0. The molecule has 0 aliphatic rings. The number of nitrogens with one attached hydrogen (secondary N) is 1. The van der Waals surface area contributed by atoms with Gasteiger partial charge in [-0.25, -0.2) is 4.79 Å². The zero-order chi connectivity index (χ0) is 12.3. The molecule has 0 saturated heterocycles. The first-order valence-electron chi connectivity index (χ1n) is 4.66. The first-order valence-corrected chi connectivity index (χ1v) is 5.43. The number of carbonyl (C=O) groups is 2. The minimum Gasteiger partial charge on any atom is -0.351 e. The fourth-order valence-corrected chi connectivity index (χ4v) is 1.91. The van der Waals surface area contributed by atoms with Crippen molar-refractivity contribution in [3.63, 3.8) is 0 Å². The third-order valence-electron chi connectivity index (χ3n) is 2.04. The van der Waals surface area contributed by atoms with Crippen molar-refractivity contribution in [1.29, 1.82) is 0 Å². The molecule has 3 N–H and O–H groups in total. The van der Waals surface area contributed by atoms with Crippen LogP contribution >= 0.6 is 11.5 Å². The summed E-state index contributed by atoms with van der Waals surface area (Å²) >= 11 is 1.17. The minimum absolute atomic E-state index is 0.359. The molecule has 86 valence electrons. The zero-order valence-corrected chi connectivity index (χ0v) is 9.40. The lowest BCUT2D eigenvalue weighted by molar-refractivity contribution is 0.0967. The van der Waals surface area contributed by atoms with Crippen LogP contribution in [0.3, 0.4) is 0 Å². The number of benzene rings is 1. The molecular weight excluding hydrogens is 240 g/mol. The largest absolute Gasteiger partial charge is 0.351 e. The Morgan fingerprint density at radius 1 is 1.29 bits per heavy atom. The molecule has 2 aromatic rings. The molecule has 0 saturated carbocycles. The summed E-state index contributed by atoms with van der Waals surface area (Å²) in [7, 11) is 0. The third-order valence-corrected chi connectivity index (χ3v) is 2.73. The summed E-state index contributed by atoms with van der Waals surface area (Å²) < 4.78 is 3.73. The average molecular weight is 248 g/mol. The number of hydrogen-bond donors (Lipinski definition) is 2. The van der Waals surface area contributed by atoms with Crippen molar-refractivity contribution in [3.05, 3.63) is 36.0 Å². The summed E-state index contributed by atoms with van der Waals surface area (Å²) in [4.78, 5) is 23.1. The van der Waals surface area contributed by atoms with Gasteiger partial charge in [0.15, 0.2) is 0 Å². The third kappa shape index (κ3) is 2.45. The molecule has 0 spiro atoms. The highest BCUT2D eigenvalue weighted by atomic mass is 32.1. The molecule has 2 rings (SSSR count). The van der Waals surface area contributed by atoms with Crippen LogP contribution in [0.2, 0.25) is 0 Å². The molecule has 0 aliphatic heterocycles. The molecule has 1 heterocycles. The van der Waals surface area contributed by atoms with Gasteiger partial charge in [-0.1, -0.05) is 22.7 Å². The Labute approximate surface area is 101 Å². The number of hydrogen-bond acceptors (Lipinski definition) is 5. The van der Waals surface area contributed by atoms with Crippen molar-refractivity contribution in [3.8, 4) is 10.4 Å². The topological polar surface area (TPSA) is 98.0 Å². The highest BCUT2D eigenvalue weighted by molar-refractivity contribution is 7.09. The molecule has 0 aliphatic carbocycles. The Morgan fingerprint density at radius 3 is 2.71 bits per heavy atom. The van der Waals surface area contributed by atoms with Crippen LogP contribution in [-0.4, -0.2) is 21.5 Å². The number of amides is 3. The van der Waals surface area contributed by atoms with E-state index in [0.29, 0.717) is 11.1 Å².